The first-order chi connectivity index (χ1) is 8.65. The van der Waals surface area contributed by atoms with Gasteiger partial charge in [-0.15, -0.1) is 24.2 Å². The molecular formula is C12H18ClN3O2S. The van der Waals surface area contributed by atoms with Crippen LogP contribution >= 0.6 is 24.2 Å². The number of halogens is 1. The van der Waals surface area contributed by atoms with Crippen LogP contribution in [0.2, 0.25) is 0 Å². The summed E-state index contributed by atoms with van der Waals surface area (Å²) in [7, 11) is 0. The first kappa shape index (κ1) is 17.8. The third kappa shape index (κ3) is 7.05. The summed E-state index contributed by atoms with van der Waals surface area (Å²) < 4.78 is 0. The molecule has 0 aliphatic heterocycles. The topological polar surface area (TPSA) is 84.2 Å². The van der Waals surface area contributed by atoms with Gasteiger partial charge in [-0.1, -0.05) is 13.0 Å². The molecule has 0 fully saturated rings. The largest absolute Gasteiger partial charge is 0.346 e. The van der Waals surface area contributed by atoms with Crippen molar-refractivity contribution in [3.63, 3.8) is 0 Å². The lowest BCUT2D eigenvalue weighted by atomic mass is 10.3. The summed E-state index contributed by atoms with van der Waals surface area (Å²) in [6, 6.07) is 7.57. The molecule has 0 aliphatic carbocycles. The molecule has 1 aromatic rings. The maximum absolute atomic E-state index is 11.5. The zero-order valence-corrected chi connectivity index (χ0v) is 12.3. The van der Waals surface area contributed by atoms with Gasteiger partial charge in [0.25, 0.3) is 0 Å². The van der Waals surface area contributed by atoms with Crippen molar-refractivity contribution >= 4 is 41.7 Å². The summed E-state index contributed by atoms with van der Waals surface area (Å²) >= 11 is 1.70. The lowest BCUT2D eigenvalue weighted by Gasteiger charge is -2.07. The Morgan fingerprint density at radius 2 is 2.05 bits per heavy atom. The first-order valence-corrected chi connectivity index (χ1v) is 6.63. The molecule has 0 aromatic heterocycles. The lowest BCUT2D eigenvalue weighted by molar-refractivity contribution is -0.123. The Hall–Kier alpha value is -1.24. The van der Waals surface area contributed by atoms with Gasteiger partial charge in [0.2, 0.25) is 11.8 Å². The fraction of sp³-hybridized carbons (Fsp3) is 0.333. The molecule has 1 rings (SSSR count). The van der Waals surface area contributed by atoms with E-state index in [4.69, 9.17) is 5.73 Å². The number of rotatable bonds is 6. The van der Waals surface area contributed by atoms with Crippen LogP contribution in [-0.2, 0) is 9.59 Å². The molecular weight excluding hydrogens is 286 g/mol. The normalized spacial score (nSPS) is 9.37. The number of anilines is 1. The van der Waals surface area contributed by atoms with E-state index in [1.807, 2.05) is 24.3 Å². The van der Waals surface area contributed by atoms with Crippen LogP contribution in [0.25, 0.3) is 0 Å². The van der Waals surface area contributed by atoms with Crippen molar-refractivity contribution in [1.29, 1.82) is 0 Å². The molecule has 0 saturated heterocycles. The standard InChI is InChI=1S/C12H17N3O2S.ClH/c1-2-18-10-5-3-4-9(6-10)15-12(17)8-14-11(16)7-13;/h3-6H,2,7-8,13H2,1H3,(H,14,16)(H,15,17);1H. The Labute approximate surface area is 123 Å². The van der Waals surface area contributed by atoms with Crippen LogP contribution in [0.3, 0.4) is 0 Å². The van der Waals surface area contributed by atoms with Crippen LogP contribution in [0, 0.1) is 0 Å². The fourth-order valence-corrected chi connectivity index (χ4v) is 2.00. The maximum atomic E-state index is 11.5. The minimum absolute atomic E-state index is 0. The number of hydrogen-bond acceptors (Lipinski definition) is 4. The van der Waals surface area contributed by atoms with Gasteiger partial charge in [-0.05, 0) is 24.0 Å². The summed E-state index contributed by atoms with van der Waals surface area (Å²) in [5.41, 5.74) is 5.84. The predicted molar refractivity (Wildman–Crippen MR) is 80.8 cm³/mol. The molecule has 7 heteroatoms. The number of nitrogens with one attached hydrogen (secondary N) is 2. The molecule has 5 nitrogen and oxygen atoms in total. The minimum Gasteiger partial charge on any atom is -0.346 e. The van der Waals surface area contributed by atoms with E-state index in [0.717, 1.165) is 16.3 Å². The maximum Gasteiger partial charge on any atom is 0.243 e. The van der Waals surface area contributed by atoms with Crippen molar-refractivity contribution in [3.05, 3.63) is 24.3 Å². The van der Waals surface area contributed by atoms with Gasteiger partial charge < -0.3 is 16.4 Å². The Bertz CT molecular complexity index is 429. The third-order valence-electron chi connectivity index (χ3n) is 2.06. The molecule has 106 valence electrons. The third-order valence-corrected chi connectivity index (χ3v) is 2.94. The van der Waals surface area contributed by atoms with Crippen LogP contribution in [0.1, 0.15) is 6.92 Å². The molecule has 1 aromatic carbocycles. The number of benzene rings is 1. The second-order valence-electron chi connectivity index (χ2n) is 3.49. The van der Waals surface area contributed by atoms with E-state index in [-0.39, 0.29) is 37.3 Å². The van der Waals surface area contributed by atoms with Crippen LogP contribution < -0.4 is 16.4 Å². The average Bonchev–Trinajstić information content (AvgIpc) is 2.37. The number of nitrogens with two attached hydrogens (primary N) is 1. The van der Waals surface area contributed by atoms with Gasteiger partial charge in [0.15, 0.2) is 0 Å². The predicted octanol–water partition coefficient (Wildman–Crippen LogP) is 1.23. The number of carbonyl (C=O) groups is 2. The monoisotopic (exact) mass is 303 g/mol. The summed E-state index contributed by atoms with van der Waals surface area (Å²) in [4.78, 5) is 23.5. The van der Waals surface area contributed by atoms with Gasteiger partial charge in [-0.3, -0.25) is 9.59 Å². The number of amides is 2. The first-order valence-electron chi connectivity index (χ1n) is 5.65. The summed E-state index contributed by atoms with van der Waals surface area (Å²) in [5.74, 6) is 0.361. The molecule has 0 unspecified atom stereocenters. The molecule has 4 N–H and O–H groups in total. The fourth-order valence-electron chi connectivity index (χ4n) is 1.29. The molecule has 0 heterocycles. The van der Waals surface area contributed by atoms with E-state index < -0.39 is 0 Å². The average molecular weight is 304 g/mol. The van der Waals surface area contributed by atoms with E-state index in [0.29, 0.717) is 0 Å². The van der Waals surface area contributed by atoms with Gasteiger partial charge >= 0.3 is 0 Å². The van der Waals surface area contributed by atoms with Crippen molar-refractivity contribution in [2.24, 2.45) is 5.73 Å². The summed E-state index contributed by atoms with van der Waals surface area (Å²) in [6.07, 6.45) is 0. The highest BCUT2D eigenvalue weighted by Crippen LogP contribution is 2.20. The van der Waals surface area contributed by atoms with E-state index in [1.54, 1.807) is 11.8 Å². The zero-order valence-electron chi connectivity index (χ0n) is 10.6. The van der Waals surface area contributed by atoms with Gasteiger partial charge in [-0.25, -0.2) is 0 Å². The van der Waals surface area contributed by atoms with E-state index in [1.165, 1.54) is 0 Å². The van der Waals surface area contributed by atoms with Gasteiger partial charge in [0, 0.05) is 10.6 Å². The molecule has 0 atom stereocenters. The highest BCUT2D eigenvalue weighted by atomic mass is 35.5. The molecule has 2 amide bonds. The van der Waals surface area contributed by atoms with Gasteiger partial charge in [0.05, 0.1) is 13.1 Å². The molecule has 0 bridgehead atoms. The quantitative estimate of drug-likeness (QED) is 0.690. The highest BCUT2D eigenvalue weighted by Gasteiger charge is 2.04. The molecule has 0 aliphatic rings. The zero-order chi connectivity index (χ0) is 13.4. The van der Waals surface area contributed by atoms with Crippen molar-refractivity contribution in [3.8, 4) is 0 Å². The van der Waals surface area contributed by atoms with Crippen LogP contribution in [0.15, 0.2) is 29.2 Å². The van der Waals surface area contributed by atoms with Gasteiger partial charge in [0.1, 0.15) is 0 Å². The molecule has 0 spiro atoms. The van der Waals surface area contributed by atoms with Crippen molar-refractivity contribution < 1.29 is 9.59 Å². The SMILES string of the molecule is CCSc1cccc(NC(=O)CNC(=O)CN)c1.Cl. The van der Waals surface area contributed by atoms with Crippen LogP contribution in [-0.4, -0.2) is 30.7 Å². The Kier molecular flexibility index (Phi) is 9.03. The van der Waals surface area contributed by atoms with Crippen molar-refractivity contribution in [1.82, 2.24) is 5.32 Å². The van der Waals surface area contributed by atoms with Crippen LogP contribution in [0.4, 0.5) is 5.69 Å². The smallest absolute Gasteiger partial charge is 0.243 e. The molecule has 0 saturated carbocycles. The summed E-state index contributed by atoms with van der Waals surface area (Å²) in [5, 5.41) is 5.12. The van der Waals surface area contributed by atoms with E-state index >= 15 is 0 Å². The van der Waals surface area contributed by atoms with Crippen molar-refractivity contribution in [2.45, 2.75) is 11.8 Å². The van der Waals surface area contributed by atoms with Crippen molar-refractivity contribution in [2.75, 3.05) is 24.2 Å². The van der Waals surface area contributed by atoms with E-state index in [9.17, 15) is 9.59 Å². The number of thioether (sulfide) groups is 1. The van der Waals surface area contributed by atoms with E-state index in [2.05, 4.69) is 17.6 Å². The second-order valence-corrected chi connectivity index (χ2v) is 4.83. The Morgan fingerprint density at radius 3 is 2.68 bits per heavy atom. The Morgan fingerprint density at radius 1 is 1.32 bits per heavy atom. The number of carbonyl (C=O) groups excluding carboxylic acids is 2. The molecule has 0 radical (unpaired) electrons. The minimum atomic E-state index is -0.347. The van der Waals surface area contributed by atoms with Gasteiger partial charge in [-0.2, -0.15) is 0 Å². The second kappa shape index (κ2) is 9.66. The Balaban J connectivity index is 0.00000324. The summed E-state index contributed by atoms with van der Waals surface area (Å²) in [6.45, 7) is 1.88. The molecule has 19 heavy (non-hydrogen) atoms. The highest BCUT2D eigenvalue weighted by molar-refractivity contribution is 7.99. The number of hydrogen-bond donors (Lipinski definition) is 3. The van der Waals surface area contributed by atoms with Crippen LogP contribution in [0.5, 0.6) is 0 Å². The lowest BCUT2D eigenvalue weighted by Crippen LogP contribution is -2.36.